The Kier molecular flexibility index (Phi) is 5.20. The second-order valence-electron chi connectivity index (χ2n) is 7.52. The van der Waals surface area contributed by atoms with Crippen LogP contribution in [0.5, 0.6) is 0 Å². The van der Waals surface area contributed by atoms with Crippen molar-refractivity contribution in [3.63, 3.8) is 0 Å². The van der Waals surface area contributed by atoms with Crippen molar-refractivity contribution in [2.45, 2.75) is 45.2 Å². The Morgan fingerprint density at radius 3 is 2.52 bits per heavy atom. The Hall–Kier alpha value is -2.28. The van der Waals surface area contributed by atoms with E-state index in [1.165, 1.54) is 12.1 Å². The van der Waals surface area contributed by atoms with Crippen molar-refractivity contribution in [1.82, 2.24) is 19.2 Å². The molecule has 0 spiro atoms. The van der Waals surface area contributed by atoms with E-state index < -0.39 is 0 Å². The highest BCUT2D eigenvalue weighted by atomic mass is 19.1. The number of hydrogen-bond acceptors (Lipinski definition) is 4. The zero-order valence-corrected chi connectivity index (χ0v) is 15.4. The van der Waals surface area contributed by atoms with Crippen molar-refractivity contribution in [2.75, 3.05) is 19.6 Å². The van der Waals surface area contributed by atoms with E-state index in [1.807, 2.05) is 0 Å². The number of rotatable bonds is 5. The fraction of sp³-hybridized carbons (Fsp3) is 0.550. The molecule has 144 valence electrons. The summed E-state index contributed by atoms with van der Waals surface area (Å²) in [5.41, 5.74) is 0.594. The van der Waals surface area contributed by atoms with E-state index in [2.05, 4.69) is 10.00 Å². The van der Waals surface area contributed by atoms with Gasteiger partial charge in [-0.1, -0.05) is 0 Å². The Morgan fingerprint density at radius 2 is 1.81 bits per heavy atom. The van der Waals surface area contributed by atoms with Crippen LogP contribution in [0.25, 0.3) is 0 Å². The third kappa shape index (κ3) is 3.88. The average Bonchev–Trinajstić information content (AvgIpc) is 3.03. The summed E-state index contributed by atoms with van der Waals surface area (Å²) in [6.45, 7) is 3.81. The van der Waals surface area contributed by atoms with Crippen LogP contribution in [0, 0.1) is 11.7 Å². The predicted molar refractivity (Wildman–Crippen MR) is 99.3 cm³/mol. The summed E-state index contributed by atoms with van der Waals surface area (Å²) in [6, 6.07) is 5.81. The maximum absolute atomic E-state index is 13.0. The molecule has 0 unspecified atom stereocenters. The van der Waals surface area contributed by atoms with Crippen LogP contribution in [0.15, 0.2) is 29.1 Å². The second kappa shape index (κ2) is 7.76. The van der Waals surface area contributed by atoms with Crippen molar-refractivity contribution in [2.24, 2.45) is 5.92 Å². The van der Waals surface area contributed by atoms with Crippen LogP contribution in [0.4, 0.5) is 4.39 Å². The maximum atomic E-state index is 13.0. The number of carbonyl (C=O) groups is 1. The third-order valence-corrected chi connectivity index (χ3v) is 5.75. The molecule has 2 aliphatic rings. The molecule has 0 aliphatic carbocycles. The lowest BCUT2D eigenvalue weighted by molar-refractivity contribution is 0.0836. The lowest BCUT2D eigenvalue weighted by Crippen LogP contribution is -2.39. The van der Waals surface area contributed by atoms with E-state index in [4.69, 9.17) is 0 Å². The van der Waals surface area contributed by atoms with Gasteiger partial charge < -0.3 is 4.90 Å². The van der Waals surface area contributed by atoms with Crippen molar-refractivity contribution in [3.8, 4) is 0 Å². The molecule has 0 atom stereocenters. The Labute approximate surface area is 157 Å². The van der Waals surface area contributed by atoms with Gasteiger partial charge in [-0.2, -0.15) is 5.10 Å². The van der Waals surface area contributed by atoms with E-state index in [-0.39, 0.29) is 23.2 Å². The number of ketones is 1. The molecule has 6 nitrogen and oxygen atoms in total. The first-order valence-electron chi connectivity index (χ1n) is 9.80. The number of aryl methyl sites for hydroxylation is 1. The summed E-state index contributed by atoms with van der Waals surface area (Å²) in [4.78, 5) is 27.2. The number of fused-ring (bicyclic) bond motifs is 1. The molecule has 27 heavy (non-hydrogen) atoms. The summed E-state index contributed by atoms with van der Waals surface area (Å²) in [7, 11) is 0. The standard InChI is InChI=1S/C20H25FN4O2/c21-17-6-4-15(5-7-17)19(26)16-8-11-23(12-9-16)13-14-25-20(27)24-10-2-1-3-18(24)22-25/h4-7,16H,1-3,8-14H2. The topological polar surface area (TPSA) is 60.1 Å². The summed E-state index contributed by atoms with van der Waals surface area (Å²) >= 11 is 0. The van der Waals surface area contributed by atoms with Crippen molar-refractivity contribution in [1.29, 1.82) is 0 Å². The molecule has 0 saturated carbocycles. The van der Waals surface area contributed by atoms with Gasteiger partial charge in [-0.05, 0) is 63.0 Å². The fourth-order valence-corrected chi connectivity index (χ4v) is 4.10. The summed E-state index contributed by atoms with van der Waals surface area (Å²) in [5, 5.41) is 4.48. The highest BCUT2D eigenvalue weighted by Crippen LogP contribution is 2.22. The number of benzene rings is 1. The molecule has 0 amide bonds. The normalized spacial score (nSPS) is 18.4. The highest BCUT2D eigenvalue weighted by Gasteiger charge is 2.26. The van der Waals surface area contributed by atoms with Crippen LogP contribution in [-0.4, -0.2) is 44.7 Å². The van der Waals surface area contributed by atoms with E-state index in [0.29, 0.717) is 12.1 Å². The molecule has 1 fully saturated rings. The average molecular weight is 372 g/mol. The van der Waals surface area contributed by atoms with Gasteiger partial charge in [0.25, 0.3) is 0 Å². The Bertz CT molecular complexity index is 863. The van der Waals surface area contributed by atoms with Gasteiger partial charge in [-0.15, -0.1) is 0 Å². The summed E-state index contributed by atoms with van der Waals surface area (Å²) < 4.78 is 16.4. The molecular weight excluding hydrogens is 347 g/mol. The van der Waals surface area contributed by atoms with Crippen LogP contribution in [0.1, 0.15) is 41.9 Å². The molecule has 0 N–H and O–H groups in total. The second-order valence-corrected chi connectivity index (χ2v) is 7.52. The van der Waals surface area contributed by atoms with Gasteiger partial charge in [0.15, 0.2) is 5.78 Å². The number of halogens is 1. The number of carbonyl (C=O) groups excluding carboxylic acids is 1. The molecule has 2 aromatic rings. The molecule has 1 aromatic heterocycles. The predicted octanol–water partition coefficient (Wildman–Crippen LogP) is 2.12. The van der Waals surface area contributed by atoms with E-state index in [1.54, 1.807) is 21.4 Å². The SMILES string of the molecule is O=C(c1ccc(F)cc1)C1CCN(CCn2nc3n(c2=O)CCCC3)CC1. The summed E-state index contributed by atoms with van der Waals surface area (Å²) in [6.07, 6.45) is 4.63. The minimum atomic E-state index is -0.322. The Balaban J connectivity index is 1.30. The first-order valence-corrected chi connectivity index (χ1v) is 9.80. The monoisotopic (exact) mass is 372 g/mol. The molecule has 0 bridgehead atoms. The van der Waals surface area contributed by atoms with Gasteiger partial charge in [0, 0.05) is 31.0 Å². The van der Waals surface area contributed by atoms with Gasteiger partial charge in [0.2, 0.25) is 0 Å². The zero-order valence-electron chi connectivity index (χ0n) is 15.4. The minimum absolute atomic E-state index is 0.00523. The molecule has 4 rings (SSSR count). The maximum Gasteiger partial charge on any atom is 0.345 e. The quantitative estimate of drug-likeness (QED) is 0.755. The number of nitrogens with zero attached hydrogens (tertiary/aromatic N) is 4. The van der Waals surface area contributed by atoms with Gasteiger partial charge in [-0.25, -0.2) is 13.9 Å². The van der Waals surface area contributed by atoms with Crippen molar-refractivity contribution >= 4 is 5.78 Å². The van der Waals surface area contributed by atoms with E-state index >= 15 is 0 Å². The van der Waals surface area contributed by atoms with E-state index in [9.17, 15) is 14.0 Å². The first-order chi connectivity index (χ1) is 13.1. The fourth-order valence-electron chi connectivity index (χ4n) is 4.10. The van der Waals surface area contributed by atoms with Gasteiger partial charge >= 0.3 is 5.69 Å². The minimum Gasteiger partial charge on any atom is -0.301 e. The molecule has 0 radical (unpaired) electrons. The van der Waals surface area contributed by atoms with Crippen LogP contribution < -0.4 is 5.69 Å². The zero-order chi connectivity index (χ0) is 18.8. The van der Waals surface area contributed by atoms with Crippen LogP contribution in [-0.2, 0) is 19.5 Å². The van der Waals surface area contributed by atoms with Crippen molar-refractivity contribution in [3.05, 3.63) is 52.0 Å². The molecule has 1 saturated heterocycles. The number of hydrogen-bond donors (Lipinski definition) is 0. The Morgan fingerprint density at radius 1 is 1.07 bits per heavy atom. The third-order valence-electron chi connectivity index (χ3n) is 5.75. The van der Waals surface area contributed by atoms with Gasteiger partial charge in [0.05, 0.1) is 6.54 Å². The number of Topliss-reactive ketones (excluding diaryl/α,β-unsaturated/α-hetero) is 1. The van der Waals surface area contributed by atoms with Gasteiger partial charge in [-0.3, -0.25) is 9.36 Å². The number of piperidine rings is 1. The lowest BCUT2D eigenvalue weighted by atomic mass is 9.89. The number of aromatic nitrogens is 3. The smallest absolute Gasteiger partial charge is 0.301 e. The van der Waals surface area contributed by atoms with Crippen LogP contribution in [0.2, 0.25) is 0 Å². The van der Waals surface area contributed by atoms with Crippen molar-refractivity contribution < 1.29 is 9.18 Å². The van der Waals surface area contributed by atoms with E-state index in [0.717, 1.165) is 64.1 Å². The largest absolute Gasteiger partial charge is 0.345 e. The number of likely N-dealkylation sites (tertiary alicyclic amines) is 1. The molecular formula is C20H25FN4O2. The molecule has 3 heterocycles. The molecule has 7 heteroatoms. The van der Waals surface area contributed by atoms with Crippen LogP contribution in [0.3, 0.4) is 0 Å². The summed E-state index contributed by atoms with van der Waals surface area (Å²) in [5.74, 6) is 0.689. The lowest BCUT2D eigenvalue weighted by Gasteiger charge is -2.31. The highest BCUT2D eigenvalue weighted by molar-refractivity contribution is 5.97. The molecule has 1 aromatic carbocycles. The van der Waals surface area contributed by atoms with Gasteiger partial charge in [0.1, 0.15) is 11.6 Å². The van der Waals surface area contributed by atoms with Crippen LogP contribution >= 0.6 is 0 Å². The molecule has 2 aliphatic heterocycles. The first kappa shape index (κ1) is 18.1.